The number of hydrogen-bond acceptors (Lipinski definition) is 2. The van der Waals surface area contributed by atoms with Crippen molar-refractivity contribution in [2.75, 3.05) is 13.1 Å². The lowest BCUT2D eigenvalue weighted by atomic mass is 9.77. The van der Waals surface area contributed by atoms with E-state index in [0.29, 0.717) is 0 Å². The minimum Gasteiger partial charge on any atom is -0.310 e. The standard InChI is InChI=1S/C19H34N2/c1-2-8-16(7-1)19-10-5-13-21(19)14-17-12-11-15-6-3-4-9-18(15)20-17/h15-20H,1-14H2. The summed E-state index contributed by atoms with van der Waals surface area (Å²) < 4.78 is 0. The van der Waals surface area contributed by atoms with Crippen LogP contribution in [0, 0.1) is 11.8 Å². The molecule has 0 aromatic heterocycles. The van der Waals surface area contributed by atoms with Gasteiger partial charge in [-0.1, -0.05) is 25.7 Å². The molecule has 2 aliphatic heterocycles. The molecule has 2 aliphatic carbocycles. The highest BCUT2D eigenvalue weighted by molar-refractivity contribution is 4.94. The summed E-state index contributed by atoms with van der Waals surface area (Å²) in [5.74, 6) is 2.05. The van der Waals surface area contributed by atoms with Crippen molar-refractivity contribution in [1.29, 1.82) is 0 Å². The summed E-state index contributed by atoms with van der Waals surface area (Å²) in [7, 11) is 0. The van der Waals surface area contributed by atoms with Gasteiger partial charge < -0.3 is 5.32 Å². The summed E-state index contributed by atoms with van der Waals surface area (Å²) in [6.45, 7) is 2.73. The van der Waals surface area contributed by atoms with E-state index in [-0.39, 0.29) is 0 Å². The van der Waals surface area contributed by atoms with Gasteiger partial charge in [-0.15, -0.1) is 0 Å². The zero-order valence-corrected chi connectivity index (χ0v) is 13.7. The second-order valence-corrected chi connectivity index (χ2v) is 8.34. The number of nitrogens with one attached hydrogen (secondary N) is 1. The Hall–Kier alpha value is -0.0800. The van der Waals surface area contributed by atoms with Gasteiger partial charge in [-0.25, -0.2) is 0 Å². The van der Waals surface area contributed by atoms with Gasteiger partial charge in [0.05, 0.1) is 0 Å². The Morgan fingerprint density at radius 2 is 1.48 bits per heavy atom. The normalized spacial score (nSPS) is 42.3. The molecule has 2 saturated carbocycles. The largest absolute Gasteiger partial charge is 0.310 e. The van der Waals surface area contributed by atoms with Crippen molar-refractivity contribution in [2.45, 2.75) is 95.2 Å². The van der Waals surface area contributed by atoms with Gasteiger partial charge in [0.15, 0.2) is 0 Å². The third-order valence-corrected chi connectivity index (χ3v) is 7.06. The van der Waals surface area contributed by atoms with Crippen molar-refractivity contribution >= 4 is 0 Å². The summed E-state index contributed by atoms with van der Waals surface area (Å²) in [6, 6.07) is 2.61. The lowest BCUT2D eigenvalue weighted by Gasteiger charge is -2.42. The Bertz CT molecular complexity index is 336. The van der Waals surface area contributed by atoms with E-state index in [1.54, 1.807) is 0 Å². The quantitative estimate of drug-likeness (QED) is 0.846. The van der Waals surface area contributed by atoms with Gasteiger partial charge in [-0.2, -0.15) is 0 Å². The average Bonchev–Trinajstić information content (AvgIpc) is 3.18. The fourth-order valence-electron chi connectivity index (χ4n) is 5.96. The molecule has 0 radical (unpaired) electrons. The van der Waals surface area contributed by atoms with Crippen molar-refractivity contribution in [3.05, 3.63) is 0 Å². The minimum absolute atomic E-state index is 0.798. The highest BCUT2D eigenvalue weighted by Gasteiger charge is 2.37. The molecular formula is C19H34N2. The molecule has 2 heterocycles. The maximum Gasteiger partial charge on any atom is 0.0197 e. The molecule has 0 amide bonds. The first-order valence-electron chi connectivity index (χ1n) is 9.90. The predicted octanol–water partition coefficient (Wildman–Crippen LogP) is 3.95. The molecule has 0 spiro atoms. The molecule has 2 nitrogen and oxygen atoms in total. The van der Waals surface area contributed by atoms with E-state index >= 15 is 0 Å². The number of rotatable bonds is 3. The maximum absolute atomic E-state index is 4.05. The Kier molecular flexibility index (Phi) is 4.55. The monoisotopic (exact) mass is 290 g/mol. The Labute approximate surface area is 131 Å². The van der Waals surface area contributed by atoms with Crippen molar-refractivity contribution in [2.24, 2.45) is 11.8 Å². The van der Waals surface area contributed by atoms with Crippen LogP contribution in [0.1, 0.15) is 77.0 Å². The van der Waals surface area contributed by atoms with Crippen molar-refractivity contribution in [1.82, 2.24) is 10.2 Å². The molecule has 4 aliphatic rings. The summed E-state index contributed by atoms with van der Waals surface area (Å²) in [5.41, 5.74) is 0. The van der Waals surface area contributed by atoms with Crippen LogP contribution in [0.2, 0.25) is 0 Å². The molecule has 120 valence electrons. The van der Waals surface area contributed by atoms with E-state index in [1.807, 2.05) is 0 Å². The Balaban J connectivity index is 1.32. The smallest absolute Gasteiger partial charge is 0.0197 e. The second kappa shape index (κ2) is 6.58. The molecule has 2 heteroatoms. The molecule has 4 atom stereocenters. The van der Waals surface area contributed by atoms with Crippen LogP contribution in [-0.2, 0) is 0 Å². The van der Waals surface area contributed by atoms with Gasteiger partial charge in [0.2, 0.25) is 0 Å². The average molecular weight is 290 g/mol. The van der Waals surface area contributed by atoms with Crippen LogP contribution < -0.4 is 5.32 Å². The van der Waals surface area contributed by atoms with E-state index in [2.05, 4.69) is 10.2 Å². The number of fused-ring (bicyclic) bond motifs is 1. The molecule has 4 rings (SSSR count). The van der Waals surface area contributed by atoms with Gasteiger partial charge in [0.1, 0.15) is 0 Å². The van der Waals surface area contributed by atoms with Crippen LogP contribution in [0.3, 0.4) is 0 Å². The molecule has 4 unspecified atom stereocenters. The molecule has 0 bridgehead atoms. The fourth-order valence-corrected chi connectivity index (χ4v) is 5.96. The van der Waals surface area contributed by atoms with Crippen LogP contribution >= 0.6 is 0 Å². The molecular weight excluding hydrogens is 256 g/mol. The molecule has 4 fully saturated rings. The Morgan fingerprint density at radius 3 is 2.33 bits per heavy atom. The number of hydrogen-bond donors (Lipinski definition) is 1. The van der Waals surface area contributed by atoms with E-state index in [1.165, 1.54) is 90.1 Å². The van der Waals surface area contributed by atoms with Gasteiger partial charge in [-0.05, 0) is 69.7 Å². The van der Waals surface area contributed by atoms with Crippen molar-refractivity contribution in [3.63, 3.8) is 0 Å². The Morgan fingerprint density at radius 1 is 0.714 bits per heavy atom. The zero-order chi connectivity index (χ0) is 14.1. The van der Waals surface area contributed by atoms with Gasteiger partial charge in [0, 0.05) is 24.7 Å². The molecule has 21 heavy (non-hydrogen) atoms. The van der Waals surface area contributed by atoms with Crippen LogP contribution in [-0.4, -0.2) is 36.1 Å². The minimum atomic E-state index is 0.798. The summed E-state index contributed by atoms with van der Waals surface area (Å²) in [4.78, 5) is 2.89. The highest BCUT2D eigenvalue weighted by atomic mass is 15.2. The third kappa shape index (κ3) is 3.17. The predicted molar refractivity (Wildman–Crippen MR) is 88.5 cm³/mol. The first-order valence-corrected chi connectivity index (χ1v) is 9.90. The van der Waals surface area contributed by atoms with Crippen LogP contribution in [0.5, 0.6) is 0 Å². The topological polar surface area (TPSA) is 15.3 Å². The van der Waals surface area contributed by atoms with Gasteiger partial charge in [-0.3, -0.25) is 4.90 Å². The van der Waals surface area contributed by atoms with Crippen LogP contribution in [0.15, 0.2) is 0 Å². The SMILES string of the molecule is C1CCC2NC(CN3CCCC3C3CCCC3)CCC2C1. The summed E-state index contributed by atoms with van der Waals surface area (Å²) >= 11 is 0. The number of piperidine rings is 1. The second-order valence-electron chi connectivity index (χ2n) is 8.34. The zero-order valence-electron chi connectivity index (χ0n) is 13.7. The van der Waals surface area contributed by atoms with E-state index in [4.69, 9.17) is 0 Å². The lowest BCUT2D eigenvalue weighted by Crippen LogP contribution is -2.53. The van der Waals surface area contributed by atoms with Gasteiger partial charge in [0.25, 0.3) is 0 Å². The van der Waals surface area contributed by atoms with Gasteiger partial charge >= 0.3 is 0 Å². The third-order valence-electron chi connectivity index (χ3n) is 7.06. The highest BCUT2D eigenvalue weighted by Crippen LogP contribution is 2.37. The molecule has 0 aromatic rings. The van der Waals surface area contributed by atoms with Crippen molar-refractivity contribution in [3.8, 4) is 0 Å². The van der Waals surface area contributed by atoms with E-state index < -0.39 is 0 Å². The lowest BCUT2D eigenvalue weighted by molar-refractivity contribution is 0.122. The van der Waals surface area contributed by atoms with Crippen molar-refractivity contribution < 1.29 is 0 Å². The van der Waals surface area contributed by atoms with Crippen LogP contribution in [0.4, 0.5) is 0 Å². The van der Waals surface area contributed by atoms with Crippen LogP contribution in [0.25, 0.3) is 0 Å². The maximum atomic E-state index is 4.05. The first kappa shape index (κ1) is 14.5. The molecule has 0 aromatic carbocycles. The number of nitrogens with zero attached hydrogens (tertiary/aromatic N) is 1. The molecule has 1 N–H and O–H groups in total. The fraction of sp³-hybridized carbons (Fsp3) is 1.00. The molecule has 2 saturated heterocycles. The summed E-state index contributed by atoms with van der Waals surface area (Å²) in [5, 5.41) is 4.05. The summed E-state index contributed by atoms with van der Waals surface area (Å²) in [6.07, 6.45) is 17.8. The number of likely N-dealkylation sites (tertiary alicyclic amines) is 1. The van der Waals surface area contributed by atoms with E-state index in [9.17, 15) is 0 Å². The van der Waals surface area contributed by atoms with E-state index in [0.717, 1.165) is 30.0 Å². The first-order chi connectivity index (χ1) is 10.4.